The van der Waals surface area contributed by atoms with Crippen LogP contribution in [0.2, 0.25) is 0 Å². The predicted octanol–water partition coefficient (Wildman–Crippen LogP) is 2.79. The first kappa shape index (κ1) is 14.9. The van der Waals surface area contributed by atoms with Crippen molar-refractivity contribution in [1.29, 1.82) is 0 Å². The summed E-state index contributed by atoms with van der Waals surface area (Å²) in [6, 6.07) is 7.39. The summed E-state index contributed by atoms with van der Waals surface area (Å²) in [6.45, 7) is 3.67. The summed E-state index contributed by atoms with van der Waals surface area (Å²) in [5.41, 5.74) is 2.02. The topological polar surface area (TPSA) is 67.1 Å². The van der Waals surface area contributed by atoms with E-state index >= 15 is 0 Å². The first-order valence-corrected chi connectivity index (χ1v) is 8.29. The first-order chi connectivity index (χ1) is 11.6. The lowest BCUT2D eigenvalue weighted by Gasteiger charge is -2.24. The van der Waals surface area contributed by atoms with Crippen LogP contribution in [-0.2, 0) is 13.6 Å². The zero-order valence-corrected chi connectivity index (χ0v) is 14.0. The fourth-order valence-corrected chi connectivity index (χ4v) is 3.01. The molecule has 1 aliphatic rings. The number of phenolic OH excluding ortho intramolecular Hbond substituents is 1. The molecule has 1 aliphatic carbocycles. The Labute approximate surface area is 140 Å². The number of anilines is 1. The van der Waals surface area contributed by atoms with Gasteiger partial charge in [-0.15, -0.1) is 0 Å². The van der Waals surface area contributed by atoms with Gasteiger partial charge in [0.25, 0.3) is 0 Å². The lowest BCUT2D eigenvalue weighted by atomic mass is 10.2. The zero-order valence-electron chi connectivity index (χ0n) is 14.0. The Balaban J connectivity index is 1.74. The molecule has 6 nitrogen and oxygen atoms in total. The summed E-state index contributed by atoms with van der Waals surface area (Å²) in [4.78, 5) is 11.6. The van der Waals surface area contributed by atoms with E-state index in [0.29, 0.717) is 5.75 Å². The van der Waals surface area contributed by atoms with Gasteiger partial charge in [-0.2, -0.15) is 5.10 Å². The number of phenols is 1. The van der Waals surface area contributed by atoms with Crippen molar-refractivity contribution in [1.82, 2.24) is 19.7 Å². The van der Waals surface area contributed by atoms with E-state index in [2.05, 4.69) is 15.0 Å². The van der Waals surface area contributed by atoms with E-state index in [-0.39, 0.29) is 0 Å². The third-order valence-corrected chi connectivity index (χ3v) is 4.47. The van der Waals surface area contributed by atoms with E-state index in [1.807, 2.05) is 32.3 Å². The molecule has 24 heavy (non-hydrogen) atoms. The fourth-order valence-electron chi connectivity index (χ4n) is 3.01. The average molecular weight is 323 g/mol. The molecule has 3 aromatic rings. The average Bonchev–Trinajstić information content (AvgIpc) is 3.31. The van der Waals surface area contributed by atoms with Crippen LogP contribution in [0.5, 0.6) is 5.75 Å². The Morgan fingerprint density at radius 2 is 1.96 bits per heavy atom. The van der Waals surface area contributed by atoms with Crippen LogP contribution in [0.25, 0.3) is 11.0 Å². The normalized spacial score (nSPS) is 14.2. The largest absolute Gasteiger partial charge is 0.508 e. The van der Waals surface area contributed by atoms with Crippen molar-refractivity contribution in [2.24, 2.45) is 13.0 Å². The van der Waals surface area contributed by atoms with E-state index < -0.39 is 0 Å². The lowest BCUT2D eigenvalue weighted by molar-refractivity contribution is 0.475. The van der Waals surface area contributed by atoms with E-state index in [0.717, 1.165) is 47.2 Å². The quantitative estimate of drug-likeness (QED) is 0.782. The summed E-state index contributed by atoms with van der Waals surface area (Å²) in [5.74, 6) is 2.74. The Kier molecular flexibility index (Phi) is 3.59. The number of aromatic hydroxyl groups is 1. The van der Waals surface area contributed by atoms with Crippen molar-refractivity contribution >= 4 is 16.9 Å². The van der Waals surface area contributed by atoms with Crippen molar-refractivity contribution in [2.45, 2.75) is 26.3 Å². The molecule has 0 amide bonds. The molecule has 0 unspecified atom stereocenters. The second-order valence-corrected chi connectivity index (χ2v) is 6.59. The Hall–Kier alpha value is -2.63. The molecule has 1 fully saturated rings. The van der Waals surface area contributed by atoms with Crippen molar-refractivity contribution in [2.75, 3.05) is 11.4 Å². The number of rotatable bonds is 5. The number of hydrogen-bond donors (Lipinski definition) is 1. The van der Waals surface area contributed by atoms with Gasteiger partial charge in [0, 0.05) is 20.1 Å². The minimum Gasteiger partial charge on any atom is -0.508 e. The molecule has 1 N–H and O–H groups in total. The molecule has 2 heterocycles. The summed E-state index contributed by atoms with van der Waals surface area (Å²) in [6.07, 6.45) is 4.42. The van der Waals surface area contributed by atoms with Gasteiger partial charge in [0.15, 0.2) is 5.65 Å². The van der Waals surface area contributed by atoms with Crippen LogP contribution in [0.1, 0.15) is 24.2 Å². The zero-order chi connectivity index (χ0) is 16.7. The molecule has 0 radical (unpaired) electrons. The summed E-state index contributed by atoms with van der Waals surface area (Å²) >= 11 is 0. The lowest BCUT2D eigenvalue weighted by Crippen LogP contribution is -2.26. The molecular weight excluding hydrogens is 302 g/mol. The van der Waals surface area contributed by atoms with Gasteiger partial charge in [-0.3, -0.25) is 4.68 Å². The molecule has 1 aromatic carbocycles. The number of aromatic nitrogens is 4. The van der Waals surface area contributed by atoms with Gasteiger partial charge < -0.3 is 10.0 Å². The first-order valence-electron chi connectivity index (χ1n) is 8.29. The van der Waals surface area contributed by atoms with Crippen LogP contribution in [0, 0.1) is 12.8 Å². The van der Waals surface area contributed by atoms with Gasteiger partial charge in [0.2, 0.25) is 0 Å². The van der Waals surface area contributed by atoms with E-state index in [9.17, 15) is 5.11 Å². The van der Waals surface area contributed by atoms with Crippen molar-refractivity contribution < 1.29 is 5.11 Å². The van der Waals surface area contributed by atoms with Gasteiger partial charge in [-0.1, -0.05) is 12.1 Å². The van der Waals surface area contributed by atoms with Gasteiger partial charge in [-0.25, -0.2) is 9.97 Å². The van der Waals surface area contributed by atoms with Crippen LogP contribution >= 0.6 is 0 Å². The molecule has 0 spiro atoms. The molecule has 0 saturated heterocycles. The molecule has 4 rings (SSSR count). The molecule has 6 heteroatoms. The second kappa shape index (κ2) is 5.78. The predicted molar refractivity (Wildman–Crippen MR) is 92.9 cm³/mol. The second-order valence-electron chi connectivity index (χ2n) is 6.59. The van der Waals surface area contributed by atoms with Gasteiger partial charge in [0.05, 0.1) is 11.6 Å². The van der Waals surface area contributed by atoms with E-state index in [1.165, 1.54) is 12.8 Å². The van der Waals surface area contributed by atoms with Crippen LogP contribution in [-0.4, -0.2) is 31.4 Å². The molecule has 124 valence electrons. The summed E-state index contributed by atoms with van der Waals surface area (Å²) in [7, 11) is 1.91. The number of hydrogen-bond acceptors (Lipinski definition) is 5. The molecular formula is C18H21N5O. The van der Waals surface area contributed by atoms with Gasteiger partial charge in [-0.05, 0) is 43.4 Å². The van der Waals surface area contributed by atoms with Crippen molar-refractivity contribution in [3.63, 3.8) is 0 Å². The molecule has 0 bridgehead atoms. The van der Waals surface area contributed by atoms with Crippen LogP contribution < -0.4 is 4.90 Å². The summed E-state index contributed by atoms with van der Waals surface area (Å²) in [5, 5.41) is 14.8. The van der Waals surface area contributed by atoms with E-state index in [1.54, 1.807) is 16.8 Å². The Bertz CT molecular complexity index is 867. The smallest absolute Gasteiger partial charge is 0.163 e. The van der Waals surface area contributed by atoms with Crippen LogP contribution in [0.4, 0.5) is 5.82 Å². The highest BCUT2D eigenvalue weighted by Crippen LogP contribution is 2.33. The SMILES string of the molecule is Cc1nc(N(Cc2ccc(O)cc2)CC2CC2)c2cnn(C)c2n1. The maximum Gasteiger partial charge on any atom is 0.163 e. The molecule has 0 aliphatic heterocycles. The fraction of sp³-hybridized carbons (Fsp3) is 0.389. The summed E-state index contributed by atoms with van der Waals surface area (Å²) < 4.78 is 1.80. The maximum absolute atomic E-state index is 9.50. The molecule has 2 aromatic heterocycles. The minimum absolute atomic E-state index is 0.292. The number of benzene rings is 1. The number of nitrogens with zero attached hydrogens (tertiary/aromatic N) is 5. The van der Waals surface area contributed by atoms with Crippen molar-refractivity contribution in [3.8, 4) is 5.75 Å². The van der Waals surface area contributed by atoms with Gasteiger partial charge in [0.1, 0.15) is 17.4 Å². The van der Waals surface area contributed by atoms with Crippen LogP contribution in [0.3, 0.4) is 0 Å². The number of aryl methyl sites for hydroxylation is 2. The highest BCUT2D eigenvalue weighted by Gasteiger charge is 2.26. The van der Waals surface area contributed by atoms with Crippen molar-refractivity contribution in [3.05, 3.63) is 41.9 Å². The Morgan fingerprint density at radius 1 is 1.21 bits per heavy atom. The van der Waals surface area contributed by atoms with E-state index in [4.69, 9.17) is 4.98 Å². The standard InChI is InChI=1S/C18H21N5O/c1-12-20-17-16(9-19-22(17)2)18(21-12)23(10-13-3-4-13)11-14-5-7-15(24)8-6-14/h5-9,13,24H,3-4,10-11H2,1-2H3. The number of fused-ring (bicyclic) bond motifs is 1. The highest BCUT2D eigenvalue weighted by molar-refractivity contribution is 5.87. The molecule has 0 atom stereocenters. The third-order valence-electron chi connectivity index (χ3n) is 4.47. The highest BCUT2D eigenvalue weighted by atomic mass is 16.3. The maximum atomic E-state index is 9.50. The molecule has 1 saturated carbocycles. The van der Waals surface area contributed by atoms with Gasteiger partial charge >= 0.3 is 0 Å². The van der Waals surface area contributed by atoms with Crippen LogP contribution in [0.15, 0.2) is 30.5 Å². The monoisotopic (exact) mass is 323 g/mol. The minimum atomic E-state index is 0.292. The third kappa shape index (κ3) is 2.91. The Morgan fingerprint density at radius 3 is 2.67 bits per heavy atom.